The van der Waals surface area contributed by atoms with Crippen LogP contribution < -0.4 is 15.5 Å². The van der Waals surface area contributed by atoms with Crippen molar-refractivity contribution in [2.45, 2.75) is 26.3 Å². The largest absolute Gasteiger partial charge is 0.457 e. The van der Waals surface area contributed by atoms with Crippen molar-refractivity contribution in [3.05, 3.63) is 54.4 Å². The van der Waals surface area contributed by atoms with E-state index in [-0.39, 0.29) is 25.7 Å². The fraction of sp³-hybridized carbons (Fsp3) is 0.381. The highest BCUT2D eigenvalue weighted by Crippen LogP contribution is 2.20. The quantitative estimate of drug-likeness (QED) is 0.210. The molecular formula is C21H27N3O6. The normalized spacial score (nSPS) is 12.6. The fourth-order valence-corrected chi connectivity index (χ4v) is 2.63. The Bertz CT molecular complexity index is 785. The van der Waals surface area contributed by atoms with Crippen molar-refractivity contribution < 1.29 is 29.0 Å². The number of hydrogen-bond donors (Lipinski definition) is 3. The van der Waals surface area contributed by atoms with E-state index in [0.29, 0.717) is 23.7 Å². The van der Waals surface area contributed by atoms with Crippen LogP contribution in [0.4, 0.5) is 0 Å². The Balaban J connectivity index is 1.97. The number of ether oxygens (including phenoxy) is 3. The van der Waals surface area contributed by atoms with Crippen molar-refractivity contribution in [2.75, 3.05) is 20.0 Å². The summed E-state index contributed by atoms with van der Waals surface area (Å²) in [6.45, 7) is 4.26. The molecule has 2 rings (SSSR count). The Morgan fingerprint density at radius 2 is 1.73 bits per heavy atom. The Hall–Kier alpha value is -3.01. The van der Waals surface area contributed by atoms with Crippen LogP contribution in [0.3, 0.4) is 0 Å². The third-order valence-corrected chi connectivity index (χ3v) is 4.22. The number of benzene rings is 1. The van der Waals surface area contributed by atoms with Crippen LogP contribution in [-0.4, -0.2) is 48.1 Å². The van der Waals surface area contributed by atoms with Crippen LogP contribution in [0.1, 0.15) is 30.6 Å². The average molecular weight is 417 g/mol. The lowest BCUT2D eigenvalue weighted by Crippen LogP contribution is -2.41. The maximum atomic E-state index is 12.6. The molecule has 0 unspecified atom stereocenters. The van der Waals surface area contributed by atoms with Crippen LogP contribution in [0.5, 0.6) is 11.5 Å². The van der Waals surface area contributed by atoms with Crippen LogP contribution in [0.2, 0.25) is 0 Å². The zero-order valence-corrected chi connectivity index (χ0v) is 17.0. The minimum absolute atomic E-state index is 0.0878. The van der Waals surface area contributed by atoms with Crippen LogP contribution in [0.25, 0.3) is 0 Å². The van der Waals surface area contributed by atoms with E-state index in [2.05, 4.69) is 10.3 Å². The number of hydrogen-bond acceptors (Lipinski definition) is 7. The second-order valence-corrected chi connectivity index (χ2v) is 6.57. The van der Waals surface area contributed by atoms with Gasteiger partial charge in [-0.25, -0.2) is 5.48 Å². The lowest BCUT2D eigenvalue weighted by Gasteiger charge is -2.21. The molecule has 0 aliphatic heterocycles. The first-order valence-corrected chi connectivity index (χ1v) is 9.61. The van der Waals surface area contributed by atoms with E-state index >= 15 is 0 Å². The van der Waals surface area contributed by atoms with Crippen molar-refractivity contribution in [2.24, 2.45) is 5.92 Å². The summed E-state index contributed by atoms with van der Waals surface area (Å²) in [5.41, 5.74) is 2.06. The molecule has 9 nitrogen and oxygen atoms in total. The molecule has 0 fully saturated rings. The Kier molecular flexibility index (Phi) is 9.72. The second-order valence-electron chi connectivity index (χ2n) is 6.57. The van der Waals surface area contributed by atoms with Gasteiger partial charge in [0.15, 0.2) is 0 Å². The van der Waals surface area contributed by atoms with Gasteiger partial charge in [-0.15, -0.1) is 0 Å². The summed E-state index contributed by atoms with van der Waals surface area (Å²) in [6.07, 6.45) is 3.54. The standard InChI is InChI=1S/C21H27N3O6/c1-3-28-14-29-13-17(12-15(2)20(25)24-27)23-21(26)16-4-6-18(7-5-16)30-19-8-10-22-11-9-19/h4-11,15,17,27H,3,12-14H2,1-2H3,(H,23,26)(H,24,25)/t15-,17-/m0/s1. The molecule has 2 atom stereocenters. The second kappa shape index (κ2) is 12.5. The van der Waals surface area contributed by atoms with Gasteiger partial charge in [0.2, 0.25) is 5.91 Å². The molecule has 9 heteroatoms. The Morgan fingerprint density at radius 3 is 2.37 bits per heavy atom. The minimum Gasteiger partial charge on any atom is -0.457 e. The molecule has 0 radical (unpaired) electrons. The number of hydroxylamine groups is 1. The molecule has 1 heterocycles. The van der Waals surface area contributed by atoms with E-state index in [9.17, 15) is 9.59 Å². The van der Waals surface area contributed by atoms with Crippen molar-refractivity contribution in [3.63, 3.8) is 0 Å². The van der Waals surface area contributed by atoms with Gasteiger partial charge in [-0.1, -0.05) is 6.92 Å². The number of carbonyl (C=O) groups is 2. The number of aromatic nitrogens is 1. The number of nitrogens with zero attached hydrogens (tertiary/aromatic N) is 1. The summed E-state index contributed by atoms with van der Waals surface area (Å²) in [7, 11) is 0. The van der Waals surface area contributed by atoms with Crippen molar-refractivity contribution >= 4 is 11.8 Å². The van der Waals surface area contributed by atoms with Gasteiger partial charge >= 0.3 is 0 Å². The summed E-state index contributed by atoms with van der Waals surface area (Å²) >= 11 is 0. The number of pyridine rings is 1. The number of amides is 2. The van der Waals surface area contributed by atoms with E-state index in [4.69, 9.17) is 19.4 Å². The lowest BCUT2D eigenvalue weighted by molar-refractivity contribution is -0.133. The third kappa shape index (κ3) is 7.78. The summed E-state index contributed by atoms with van der Waals surface area (Å²) in [6, 6.07) is 9.70. The summed E-state index contributed by atoms with van der Waals surface area (Å²) in [5, 5.41) is 11.7. The van der Waals surface area contributed by atoms with Crippen molar-refractivity contribution in [1.82, 2.24) is 15.8 Å². The number of rotatable bonds is 12. The zero-order valence-electron chi connectivity index (χ0n) is 17.0. The predicted octanol–water partition coefficient (Wildman–Crippen LogP) is 2.51. The molecule has 0 saturated carbocycles. The molecule has 1 aromatic carbocycles. The van der Waals surface area contributed by atoms with E-state index < -0.39 is 17.9 Å². The fourth-order valence-electron chi connectivity index (χ4n) is 2.63. The lowest BCUT2D eigenvalue weighted by atomic mass is 10.0. The molecule has 3 N–H and O–H groups in total. The molecule has 30 heavy (non-hydrogen) atoms. The third-order valence-electron chi connectivity index (χ3n) is 4.22. The molecular weight excluding hydrogens is 390 g/mol. The van der Waals surface area contributed by atoms with E-state index in [0.717, 1.165) is 0 Å². The smallest absolute Gasteiger partial charge is 0.251 e. The zero-order chi connectivity index (χ0) is 21.8. The Labute approximate surface area is 175 Å². The highest BCUT2D eigenvalue weighted by atomic mass is 16.7. The van der Waals surface area contributed by atoms with Crippen molar-refractivity contribution in [1.29, 1.82) is 0 Å². The minimum atomic E-state index is -0.531. The topological polar surface area (TPSA) is 119 Å². The first-order valence-electron chi connectivity index (χ1n) is 9.61. The van der Waals surface area contributed by atoms with Gasteiger partial charge in [-0.3, -0.25) is 19.8 Å². The van der Waals surface area contributed by atoms with Crippen LogP contribution in [0, 0.1) is 5.92 Å². The van der Waals surface area contributed by atoms with Gasteiger partial charge in [0, 0.05) is 30.5 Å². The molecule has 0 aliphatic rings. The van der Waals surface area contributed by atoms with Gasteiger partial charge < -0.3 is 19.5 Å². The van der Waals surface area contributed by atoms with Gasteiger partial charge in [0.25, 0.3) is 5.91 Å². The molecule has 2 amide bonds. The van der Waals surface area contributed by atoms with Crippen molar-refractivity contribution in [3.8, 4) is 11.5 Å². The summed E-state index contributed by atoms with van der Waals surface area (Å²) < 4.78 is 16.2. The number of nitrogens with one attached hydrogen (secondary N) is 2. The molecule has 0 spiro atoms. The highest BCUT2D eigenvalue weighted by Gasteiger charge is 2.21. The SMILES string of the molecule is CCOCOC[C@H](C[C@H](C)C(=O)NO)NC(=O)c1ccc(Oc2ccncc2)cc1. The monoisotopic (exact) mass is 417 g/mol. The van der Waals surface area contributed by atoms with E-state index in [1.54, 1.807) is 61.2 Å². The maximum absolute atomic E-state index is 12.6. The van der Waals surface area contributed by atoms with E-state index in [1.807, 2.05) is 6.92 Å². The van der Waals surface area contributed by atoms with Gasteiger partial charge in [-0.05, 0) is 49.7 Å². The predicted molar refractivity (Wildman–Crippen MR) is 108 cm³/mol. The van der Waals surface area contributed by atoms with Crippen LogP contribution >= 0.6 is 0 Å². The molecule has 162 valence electrons. The van der Waals surface area contributed by atoms with Gasteiger partial charge in [0.05, 0.1) is 12.6 Å². The first kappa shape index (κ1) is 23.3. The van der Waals surface area contributed by atoms with Crippen LogP contribution in [0.15, 0.2) is 48.8 Å². The number of carbonyl (C=O) groups excluding carboxylic acids is 2. The molecule has 0 bridgehead atoms. The molecule has 0 aliphatic carbocycles. The summed E-state index contributed by atoms with van der Waals surface area (Å²) in [5.74, 6) is -0.136. The van der Waals surface area contributed by atoms with E-state index in [1.165, 1.54) is 0 Å². The average Bonchev–Trinajstić information content (AvgIpc) is 2.77. The van der Waals surface area contributed by atoms with Gasteiger partial charge in [-0.2, -0.15) is 0 Å². The molecule has 0 saturated heterocycles. The first-order chi connectivity index (χ1) is 14.5. The summed E-state index contributed by atoms with van der Waals surface area (Å²) in [4.78, 5) is 28.2. The maximum Gasteiger partial charge on any atom is 0.251 e. The molecule has 1 aromatic heterocycles. The molecule has 2 aromatic rings. The van der Waals surface area contributed by atoms with Gasteiger partial charge in [0.1, 0.15) is 18.3 Å². The Morgan fingerprint density at radius 1 is 1.07 bits per heavy atom. The highest BCUT2D eigenvalue weighted by molar-refractivity contribution is 5.94. The van der Waals surface area contributed by atoms with Crippen LogP contribution in [-0.2, 0) is 14.3 Å².